The number of para-hydroxylation sites is 2. The summed E-state index contributed by atoms with van der Waals surface area (Å²) in [7, 11) is 0. The first-order chi connectivity index (χ1) is 15.1. The maximum Gasteiger partial charge on any atom is 0.249 e. The lowest BCUT2D eigenvalue weighted by atomic mass is 10.2. The minimum absolute atomic E-state index is 0.0530. The number of carbonyl (C=O) groups excluding carboxylic acids is 1. The number of ether oxygens (including phenoxy) is 2. The number of nitrogens with zero attached hydrogens (tertiary/aromatic N) is 2. The number of rotatable bonds is 9. The third-order valence-corrected chi connectivity index (χ3v) is 5.97. The number of benzene rings is 2. The predicted molar refractivity (Wildman–Crippen MR) is 121 cm³/mol. The second-order valence-corrected chi connectivity index (χ2v) is 8.26. The summed E-state index contributed by atoms with van der Waals surface area (Å²) in [6.45, 7) is 4.48. The van der Waals surface area contributed by atoms with Crippen LogP contribution in [-0.2, 0) is 22.6 Å². The Hall–Kier alpha value is -2.57. The highest BCUT2D eigenvalue weighted by molar-refractivity contribution is 6.31. The van der Waals surface area contributed by atoms with Crippen LogP contribution in [0.1, 0.15) is 37.1 Å². The van der Waals surface area contributed by atoms with Crippen molar-refractivity contribution < 1.29 is 14.3 Å². The first-order valence-electron chi connectivity index (χ1n) is 10.8. The van der Waals surface area contributed by atoms with Crippen molar-refractivity contribution >= 4 is 28.5 Å². The number of aryl methyl sites for hydroxylation is 2. The second-order valence-electron chi connectivity index (χ2n) is 7.85. The van der Waals surface area contributed by atoms with Crippen LogP contribution in [-0.4, -0.2) is 34.8 Å². The number of unbranched alkanes of at least 4 members (excludes halogenated alkanes) is 1. The van der Waals surface area contributed by atoms with Gasteiger partial charge >= 0.3 is 0 Å². The molecule has 1 fully saturated rings. The van der Waals surface area contributed by atoms with Gasteiger partial charge in [0.05, 0.1) is 24.2 Å². The van der Waals surface area contributed by atoms with Crippen LogP contribution in [0.25, 0.3) is 11.0 Å². The van der Waals surface area contributed by atoms with Crippen molar-refractivity contribution in [2.45, 2.75) is 51.8 Å². The molecule has 1 aromatic heterocycles. The summed E-state index contributed by atoms with van der Waals surface area (Å²) in [6.07, 6.45) is 3.26. The molecule has 0 aliphatic carbocycles. The van der Waals surface area contributed by atoms with Crippen LogP contribution in [0.4, 0.5) is 0 Å². The smallest absolute Gasteiger partial charge is 0.249 e. The van der Waals surface area contributed by atoms with Crippen molar-refractivity contribution in [1.82, 2.24) is 14.9 Å². The van der Waals surface area contributed by atoms with Crippen LogP contribution in [0, 0.1) is 6.92 Å². The van der Waals surface area contributed by atoms with E-state index in [9.17, 15) is 4.79 Å². The maximum absolute atomic E-state index is 12.3. The molecule has 1 unspecified atom stereocenters. The van der Waals surface area contributed by atoms with Gasteiger partial charge in [0.1, 0.15) is 17.7 Å². The van der Waals surface area contributed by atoms with E-state index in [0.717, 1.165) is 65.4 Å². The van der Waals surface area contributed by atoms with E-state index >= 15 is 0 Å². The Bertz CT molecular complexity index is 1040. The average molecular weight is 442 g/mol. The number of hydrogen-bond donors (Lipinski definition) is 1. The van der Waals surface area contributed by atoms with Gasteiger partial charge in [-0.1, -0.05) is 23.7 Å². The summed E-state index contributed by atoms with van der Waals surface area (Å²) in [5.41, 5.74) is 3.04. The van der Waals surface area contributed by atoms with Gasteiger partial charge in [-0.15, -0.1) is 0 Å². The number of halogens is 1. The summed E-state index contributed by atoms with van der Waals surface area (Å²) < 4.78 is 13.5. The van der Waals surface area contributed by atoms with E-state index in [1.165, 1.54) is 0 Å². The zero-order valence-electron chi connectivity index (χ0n) is 17.8. The quantitative estimate of drug-likeness (QED) is 0.491. The molecule has 3 aromatic rings. The number of amides is 1. The lowest BCUT2D eigenvalue weighted by Gasteiger charge is -2.13. The summed E-state index contributed by atoms with van der Waals surface area (Å²) in [5, 5.41) is 3.74. The molecular formula is C24H28ClN3O3. The molecule has 2 aromatic carbocycles. The lowest BCUT2D eigenvalue weighted by molar-refractivity contribution is -0.130. The van der Waals surface area contributed by atoms with Gasteiger partial charge in [-0.3, -0.25) is 4.79 Å². The van der Waals surface area contributed by atoms with Crippen molar-refractivity contribution in [3.63, 3.8) is 0 Å². The van der Waals surface area contributed by atoms with E-state index < -0.39 is 0 Å². The number of fused-ring (bicyclic) bond motifs is 1. The molecule has 164 valence electrons. The van der Waals surface area contributed by atoms with E-state index in [1.807, 2.05) is 43.3 Å². The van der Waals surface area contributed by atoms with Gasteiger partial charge < -0.3 is 19.4 Å². The van der Waals surface area contributed by atoms with Gasteiger partial charge in [0.15, 0.2) is 0 Å². The van der Waals surface area contributed by atoms with Crippen LogP contribution in [0.15, 0.2) is 42.5 Å². The standard InChI is InChI=1S/C24H28ClN3O3/c1-17-15-18(10-11-19(17)25)30-13-5-4-12-28-21-8-3-2-7-20(21)27-23(28)16-26-24(29)22-9-6-14-31-22/h2-3,7-8,10-11,15,22H,4-6,9,12-14,16H2,1H3,(H,26,29). The largest absolute Gasteiger partial charge is 0.494 e. The molecule has 31 heavy (non-hydrogen) atoms. The van der Waals surface area contributed by atoms with Crippen molar-refractivity contribution in [3.8, 4) is 5.75 Å². The Morgan fingerprint density at radius 1 is 1.29 bits per heavy atom. The van der Waals surface area contributed by atoms with Crippen LogP contribution in [0.5, 0.6) is 5.75 Å². The number of carbonyl (C=O) groups is 1. The predicted octanol–water partition coefficient (Wildman–Crippen LogP) is 4.65. The molecule has 0 bridgehead atoms. The highest BCUT2D eigenvalue weighted by atomic mass is 35.5. The molecule has 1 aliphatic heterocycles. The molecule has 0 radical (unpaired) electrons. The van der Waals surface area contributed by atoms with Crippen LogP contribution in [0.2, 0.25) is 5.02 Å². The summed E-state index contributed by atoms with van der Waals surface area (Å²) in [5.74, 6) is 1.65. The van der Waals surface area contributed by atoms with Gasteiger partial charge in [0, 0.05) is 18.2 Å². The monoisotopic (exact) mass is 441 g/mol. The van der Waals surface area contributed by atoms with Crippen molar-refractivity contribution in [2.75, 3.05) is 13.2 Å². The molecule has 1 saturated heterocycles. The van der Waals surface area contributed by atoms with Crippen LogP contribution in [0.3, 0.4) is 0 Å². The van der Waals surface area contributed by atoms with E-state index in [0.29, 0.717) is 19.8 Å². The minimum atomic E-state index is -0.327. The average Bonchev–Trinajstić information content (AvgIpc) is 3.43. The third-order valence-electron chi connectivity index (χ3n) is 5.55. The molecule has 0 spiro atoms. The first-order valence-corrected chi connectivity index (χ1v) is 11.2. The fraction of sp³-hybridized carbons (Fsp3) is 0.417. The maximum atomic E-state index is 12.3. The van der Waals surface area contributed by atoms with Gasteiger partial charge in [0.25, 0.3) is 0 Å². The van der Waals surface area contributed by atoms with Gasteiger partial charge in [-0.05, 0) is 68.5 Å². The summed E-state index contributed by atoms with van der Waals surface area (Å²) in [4.78, 5) is 17.1. The van der Waals surface area contributed by atoms with E-state index in [2.05, 4.69) is 16.0 Å². The molecule has 1 aliphatic rings. The number of imidazole rings is 1. The number of aromatic nitrogens is 2. The Morgan fingerprint density at radius 2 is 2.16 bits per heavy atom. The zero-order chi connectivity index (χ0) is 21.6. The SMILES string of the molecule is Cc1cc(OCCCCn2c(CNC(=O)C3CCCO3)nc3ccccc32)ccc1Cl. The zero-order valence-corrected chi connectivity index (χ0v) is 18.5. The van der Waals surface area contributed by atoms with E-state index in [1.54, 1.807) is 0 Å². The molecule has 0 saturated carbocycles. The number of hydrogen-bond acceptors (Lipinski definition) is 4. The summed E-state index contributed by atoms with van der Waals surface area (Å²) >= 11 is 6.07. The fourth-order valence-corrected chi connectivity index (χ4v) is 3.96. The molecule has 1 N–H and O–H groups in total. The highest BCUT2D eigenvalue weighted by Crippen LogP contribution is 2.22. The number of nitrogens with one attached hydrogen (secondary N) is 1. The van der Waals surface area contributed by atoms with Crippen molar-refractivity contribution in [2.24, 2.45) is 0 Å². The highest BCUT2D eigenvalue weighted by Gasteiger charge is 2.23. The third kappa shape index (κ3) is 5.38. The molecule has 6 nitrogen and oxygen atoms in total. The normalized spacial score (nSPS) is 16.0. The van der Waals surface area contributed by atoms with Crippen LogP contribution >= 0.6 is 11.6 Å². The Kier molecular flexibility index (Phi) is 7.10. The van der Waals surface area contributed by atoms with E-state index in [4.69, 9.17) is 26.1 Å². The van der Waals surface area contributed by atoms with Crippen molar-refractivity contribution in [3.05, 3.63) is 58.9 Å². The first kappa shape index (κ1) is 21.7. The Labute approximate surface area is 187 Å². The van der Waals surface area contributed by atoms with Gasteiger partial charge in [-0.25, -0.2) is 4.98 Å². The molecular weight excluding hydrogens is 414 g/mol. The van der Waals surface area contributed by atoms with Gasteiger partial charge in [-0.2, -0.15) is 0 Å². The lowest BCUT2D eigenvalue weighted by Crippen LogP contribution is -2.34. The fourth-order valence-electron chi connectivity index (χ4n) is 3.84. The molecule has 4 rings (SSSR count). The van der Waals surface area contributed by atoms with E-state index in [-0.39, 0.29) is 12.0 Å². The molecule has 1 atom stereocenters. The van der Waals surface area contributed by atoms with Crippen molar-refractivity contribution in [1.29, 1.82) is 0 Å². The molecule has 1 amide bonds. The summed E-state index contributed by atoms with van der Waals surface area (Å²) in [6, 6.07) is 13.8. The second kappa shape index (κ2) is 10.2. The Balaban J connectivity index is 1.34. The van der Waals surface area contributed by atoms with Gasteiger partial charge in [0.2, 0.25) is 5.91 Å². The topological polar surface area (TPSA) is 65.4 Å². The minimum Gasteiger partial charge on any atom is -0.494 e. The molecule has 2 heterocycles. The molecule has 7 heteroatoms. The Morgan fingerprint density at radius 3 is 2.97 bits per heavy atom. The van der Waals surface area contributed by atoms with Crippen LogP contribution < -0.4 is 10.1 Å².